The van der Waals surface area contributed by atoms with E-state index in [0.717, 1.165) is 71.3 Å². The van der Waals surface area contributed by atoms with Gasteiger partial charge in [0, 0.05) is 70.5 Å². The zero-order chi connectivity index (χ0) is 33.5. The first-order chi connectivity index (χ1) is 24.7. The standard InChI is InChI=1S/C42H37N5O2S/c1-48-34-22-20-30(21-23-34)40-44-49-42(32-13-4-2-5-14-32)29-39(50-38-19-11-10-18-37(38)47(40)42)35-28-31-12-8-9-17-36(31)43-41(35)46-26-24-45(25-27-46)33-15-6-3-7-16-33/h2-23,28,39H,24-27,29H2,1H3. The number of anilines is 3. The number of oxime groups is 1. The molecule has 1 fully saturated rings. The van der Waals surface area contributed by atoms with Crippen LogP contribution < -0.4 is 19.4 Å². The molecule has 7 nitrogen and oxygen atoms in total. The normalized spacial score (nSPS) is 20.1. The number of pyridine rings is 1. The van der Waals surface area contributed by atoms with E-state index in [9.17, 15) is 0 Å². The molecular weight excluding hydrogens is 639 g/mol. The number of methoxy groups -OCH3 is 1. The molecule has 0 aliphatic carbocycles. The number of amidine groups is 1. The fourth-order valence-electron chi connectivity index (χ4n) is 7.52. The van der Waals surface area contributed by atoms with Crippen LogP contribution in [0.4, 0.5) is 17.2 Å². The molecule has 2 unspecified atom stereocenters. The van der Waals surface area contributed by atoms with E-state index in [0.29, 0.717) is 6.42 Å². The first-order valence-corrected chi connectivity index (χ1v) is 18.0. The highest BCUT2D eigenvalue weighted by Crippen LogP contribution is 2.57. The number of aromatic nitrogens is 1. The predicted molar refractivity (Wildman–Crippen MR) is 203 cm³/mol. The van der Waals surface area contributed by atoms with Crippen LogP contribution in [0, 0.1) is 0 Å². The monoisotopic (exact) mass is 675 g/mol. The van der Waals surface area contributed by atoms with Crippen LogP contribution in [0.25, 0.3) is 10.9 Å². The molecule has 5 aromatic carbocycles. The summed E-state index contributed by atoms with van der Waals surface area (Å²) in [6, 6.07) is 48.9. The second-order valence-electron chi connectivity index (χ2n) is 12.9. The molecular formula is C42H37N5O2S. The largest absolute Gasteiger partial charge is 0.497 e. The lowest BCUT2D eigenvalue weighted by atomic mass is 9.91. The third-order valence-electron chi connectivity index (χ3n) is 10.0. The molecule has 8 heteroatoms. The van der Waals surface area contributed by atoms with Gasteiger partial charge in [-0.3, -0.25) is 4.90 Å². The van der Waals surface area contributed by atoms with E-state index in [1.54, 1.807) is 7.11 Å². The lowest BCUT2D eigenvalue weighted by molar-refractivity contribution is -0.0283. The number of ether oxygens (including phenoxy) is 1. The van der Waals surface area contributed by atoms with Gasteiger partial charge in [-0.2, -0.15) is 0 Å². The summed E-state index contributed by atoms with van der Waals surface area (Å²) in [5, 5.41) is 6.03. The van der Waals surface area contributed by atoms with Crippen molar-refractivity contribution < 1.29 is 9.57 Å². The average molecular weight is 676 g/mol. The van der Waals surface area contributed by atoms with Crippen LogP contribution in [0.3, 0.4) is 0 Å². The Morgan fingerprint density at radius 2 is 1.42 bits per heavy atom. The van der Waals surface area contributed by atoms with E-state index >= 15 is 0 Å². The van der Waals surface area contributed by atoms with Crippen molar-refractivity contribution in [3.05, 3.63) is 156 Å². The number of para-hydroxylation sites is 3. The summed E-state index contributed by atoms with van der Waals surface area (Å²) in [6.45, 7) is 3.64. The molecule has 3 aliphatic heterocycles. The number of fused-ring (bicyclic) bond motifs is 4. The Bertz CT molecular complexity index is 2170. The molecule has 0 radical (unpaired) electrons. The summed E-state index contributed by atoms with van der Waals surface area (Å²) in [4.78, 5) is 20.7. The van der Waals surface area contributed by atoms with Crippen molar-refractivity contribution in [1.29, 1.82) is 0 Å². The number of hydrogen-bond donors (Lipinski definition) is 0. The number of piperazine rings is 1. The van der Waals surface area contributed by atoms with E-state index < -0.39 is 5.72 Å². The highest BCUT2D eigenvalue weighted by Gasteiger charge is 2.53. The van der Waals surface area contributed by atoms with E-state index in [1.807, 2.05) is 23.9 Å². The summed E-state index contributed by atoms with van der Waals surface area (Å²) in [7, 11) is 1.69. The summed E-state index contributed by atoms with van der Waals surface area (Å²) in [5.41, 5.74) is 5.70. The van der Waals surface area contributed by atoms with Gasteiger partial charge >= 0.3 is 0 Å². The van der Waals surface area contributed by atoms with E-state index in [1.165, 1.54) is 16.1 Å². The number of hydrogen-bond acceptors (Lipinski definition) is 8. The maximum Gasteiger partial charge on any atom is 0.242 e. The van der Waals surface area contributed by atoms with Gasteiger partial charge in [-0.1, -0.05) is 84.0 Å². The maximum atomic E-state index is 6.81. The van der Waals surface area contributed by atoms with Crippen molar-refractivity contribution in [2.24, 2.45) is 5.16 Å². The fraction of sp³-hybridized carbons (Fsp3) is 0.190. The molecule has 1 saturated heterocycles. The van der Waals surface area contributed by atoms with Gasteiger partial charge in [-0.05, 0) is 60.7 Å². The molecule has 3 aliphatic rings. The lowest BCUT2D eigenvalue weighted by Crippen LogP contribution is -2.48. The molecule has 6 aromatic rings. The number of nitrogens with zero attached hydrogens (tertiary/aromatic N) is 5. The van der Waals surface area contributed by atoms with Gasteiger partial charge in [0.2, 0.25) is 5.72 Å². The molecule has 0 bridgehead atoms. The molecule has 50 heavy (non-hydrogen) atoms. The maximum absolute atomic E-state index is 6.81. The Hall–Kier alpha value is -5.47. The van der Waals surface area contributed by atoms with Crippen LogP contribution in [0.5, 0.6) is 5.75 Å². The third-order valence-corrected chi connectivity index (χ3v) is 11.4. The summed E-state index contributed by atoms with van der Waals surface area (Å²) in [5.74, 6) is 2.63. The van der Waals surface area contributed by atoms with Gasteiger partial charge in [0.05, 0.1) is 18.3 Å². The van der Waals surface area contributed by atoms with Gasteiger partial charge in [-0.25, -0.2) is 4.98 Å². The highest BCUT2D eigenvalue weighted by molar-refractivity contribution is 7.99. The van der Waals surface area contributed by atoms with E-state index in [-0.39, 0.29) is 5.25 Å². The molecule has 0 saturated carbocycles. The lowest BCUT2D eigenvalue weighted by Gasteiger charge is -2.39. The minimum atomic E-state index is -0.893. The van der Waals surface area contributed by atoms with E-state index in [4.69, 9.17) is 19.7 Å². The molecule has 0 spiro atoms. The summed E-state index contributed by atoms with van der Waals surface area (Å²) < 4.78 is 5.49. The Morgan fingerprint density at radius 1 is 0.740 bits per heavy atom. The zero-order valence-electron chi connectivity index (χ0n) is 27.9. The van der Waals surface area contributed by atoms with Crippen molar-refractivity contribution in [2.45, 2.75) is 22.3 Å². The molecule has 1 aromatic heterocycles. The molecule has 0 N–H and O–H groups in total. The SMILES string of the molecule is COc1ccc(C2=NOC3(c4ccccc4)CC(c4cc5ccccc5nc4N4CCN(c5ccccc5)CC4)Sc4ccccc4N23)cc1. The van der Waals surface area contributed by atoms with Crippen LogP contribution in [-0.4, -0.2) is 44.1 Å². The highest BCUT2D eigenvalue weighted by atomic mass is 32.2. The van der Waals surface area contributed by atoms with Gasteiger partial charge in [0.1, 0.15) is 11.6 Å². The number of rotatable bonds is 6. The quantitative estimate of drug-likeness (QED) is 0.175. The topological polar surface area (TPSA) is 53.4 Å². The first-order valence-electron chi connectivity index (χ1n) is 17.2. The Labute approximate surface area is 296 Å². The van der Waals surface area contributed by atoms with Crippen molar-refractivity contribution in [3.63, 3.8) is 0 Å². The van der Waals surface area contributed by atoms with E-state index in [2.05, 4.69) is 142 Å². The summed E-state index contributed by atoms with van der Waals surface area (Å²) in [6.07, 6.45) is 0.649. The molecule has 248 valence electrons. The van der Waals surface area contributed by atoms with Crippen LogP contribution in [-0.2, 0) is 10.6 Å². The third kappa shape index (κ3) is 5.31. The van der Waals surface area contributed by atoms with Gasteiger partial charge in [0.15, 0.2) is 5.84 Å². The van der Waals surface area contributed by atoms with Crippen molar-refractivity contribution in [1.82, 2.24) is 4.98 Å². The van der Waals surface area contributed by atoms with Gasteiger partial charge < -0.3 is 19.4 Å². The minimum Gasteiger partial charge on any atom is -0.497 e. The molecule has 0 amide bonds. The Kier molecular flexibility index (Phi) is 7.81. The fourth-order valence-corrected chi connectivity index (χ4v) is 8.87. The predicted octanol–water partition coefficient (Wildman–Crippen LogP) is 8.86. The van der Waals surface area contributed by atoms with Crippen LogP contribution in [0.15, 0.2) is 150 Å². The van der Waals surface area contributed by atoms with Crippen LogP contribution >= 0.6 is 11.8 Å². The average Bonchev–Trinajstić information content (AvgIpc) is 3.50. The summed E-state index contributed by atoms with van der Waals surface area (Å²) >= 11 is 1.89. The van der Waals surface area contributed by atoms with Crippen molar-refractivity contribution in [3.8, 4) is 5.75 Å². The zero-order valence-corrected chi connectivity index (χ0v) is 28.7. The van der Waals surface area contributed by atoms with Crippen LogP contribution in [0.1, 0.15) is 28.4 Å². The minimum absolute atomic E-state index is 0.00559. The van der Waals surface area contributed by atoms with Gasteiger partial charge in [-0.15, -0.1) is 11.8 Å². The first kappa shape index (κ1) is 30.6. The Balaban J connectivity index is 1.17. The Morgan fingerprint density at radius 3 is 2.20 bits per heavy atom. The van der Waals surface area contributed by atoms with Crippen molar-refractivity contribution >= 4 is 45.7 Å². The second-order valence-corrected chi connectivity index (χ2v) is 14.1. The molecule has 2 atom stereocenters. The molecule has 4 heterocycles. The van der Waals surface area contributed by atoms with Gasteiger partial charge in [0.25, 0.3) is 0 Å². The molecule has 9 rings (SSSR count). The number of thioether (sulfide) groups is 1. The smallest absolute Gasteiger partial charge is 0.242 e. The van der Waals surface area contributed by atoms with Crippen LogP contribution in [0.2, 0.25) is 0 Å². The van der Waals surface area contributed by atoms with Crippen molar-refractivity contribution in [2.75, 3.05) is 48.0 Å². The number of benzene rings is 5. The second kappa shape index (κ2) is 12.8.